The molecule has 1 atom stereocenters. The van der Waals surface area contributed by atoms with E-state index in [-0.39, 0.29) is 11.9 Å². The average molecular weight is 324 g/mol. The summed E-state index contributed by atoms with van der Waals surface area (Å²) in [6, 6.07) is 10.2. The Labute approximate surface area is 142 Å². The number of carbonyl (C=O) groups excluding carboxylic acids is 1. The summed E-state index contributed by atoms with van der Waals surface area (Å²) in [5.41, 5.74) is 1.07. The fraction of sp³-hybridized carbons (Fsp3) is 0.474. The molecule has 1 saturated carbocycles. The number of hydrogen-bond donors (Lipinski definition) is 1. The van der Waals surface area contributed by atoms with E-state index in [1.165, 1.54) is 25.7 Å². The molecule has 1 aromatic heterocycles. The van der Waals surface area contributed by atoms with Gasteiger partial charge in [0.15, 0.2) is 0 Å². The summed E-state index contributed by atoms with van der Waals surface area (Å²) in [7, 11) is 0. The molecule has 1 aliphatic heterocycles. The maximum atomic E-state index is 12.8. The van der Waals surface area contributed by atoms with E-state index in [4.69, 9.17) is 0 Å². The fourth-order valence-corrected chi connectivity index (χ4v) is 3.67. The lowest BCUT2D eigenvalue weighted by Crippen LogP contribution is -2.47. The second kappa shape index (κ2) is 6.77. The van der Waals surface area contributed by atoms with Crippen LogP contribution in [0.1, 0.15) is 31.5 Å². The smallest absolute Gasteiger partial charge is 0.238 e. The second-order valence-corrected chi connectivity index (χ2v) is 6.79. The summed E-state index contributed by atoms with van der Waals surface area (Å²) in [5.74, 6) is 1.59. The van der Waals surface area contributed by atoms with Gasteiger partial charge in [-0.25, -0.2) is 4.98 Å². The Morgan fingerprint density at radius 1 is 1.21 bits per heavy atom. The zero-order valence-electron chi connectivity index (χ0n) is 13.9. The number of carbonyl (C=O) groups is 1. The molecule has 0 spiro atoms. The minimum absolute atomic E-state index is 0.0626. The molecule has 1 N–H and O–H groups in total. The topological polar surface area (TPSA) is 50.2 Å². The maximum absolute atomic E-state index is 12.8. The Hall–Kier alpha value is -2.14. The SMILES string of the molecule is O=C(NCc1nccn1-c1ccccc1)C(C1CC1)N1CCCC1. The van der Waals surface area contributed by atoms with E-state index in [1.807, 2.05) is 41.1 Å². The first-order valence-corrected chi connectivity index (χ1v) is 8.92. The molecule has 2 fully saturated rings. The zero-order chi connectivity index (χ0) is 16.4. The molecule has 2 heterocycles. The van der Waals surface area contributed by atoms with Crippen LogP contribution >= 0.6 is 0 Å². The van der Waals surface area contributed by atoms with Gasteiger partial charge in [-0.3, -0.25) is 9.69 Å². The predicted octanol–water partition coefficient (Wildman–Crippen LogP) is 2.36. The van der Waals surface area contributed by atoms with Crippen molar-refractivity contribution in [3.63, 3.8) is 0 Å². The number of benzene rings is 1. The van der Waals surface area contributed by atoms with Gasteiger partial charge in [-0.15, -0.1) is 0 Å². The molecule has 2 aliphatic rings. The molecule has 0 radical (unpaired) electrons. The number of likely N-dealkylation sites (tertiary alicyclic amines) is 1. The first kappa shape index (κ1) is 15.4. The number of imidazole rings is 1. The lowest BCUT2D eigenvalue weighted by atomic mass is 10.1. The van der Waals surface area contributed by atoms with Crippen molar-refractivity contribution in [2.45, 2.75) is 38.3 Å². The van der Waals surface area contributed by atoms with Crippen LogP contribution in [0.5, 0.6) is 0 Å². The van der Waals surface area contributed by atoms with Gasteiger partial charge in [0, 0.05) is 18.1 Å². The van der Waals surface area contributed by atoms with Crippen molar-refractivity contribution >= 4 is 5.91 Å². The molecular weight excluding hydrogens is 300 g/mol. The van der Waals surface area contributed by atoms with Gasteiger partial charge in [-0.2, -0.15) is 0 Å². The van der Waals surface area contributed by atoms with Crippen LogP contribution in [0.2, 0.25) is 0 Å². The highest BCUT2D eigenvalue weighted by Gasteiger charge is 2.40. The summed E-state index contributed by atoms with van der Waals surface area (Å²) in [5, 5.41) is 3.13. The summed E-state index contributed by atoms with van der Waals surface area (Å²) in [4.78, 5) is 19.6. The molecule has 0 bridgehead atoms. The predicted molar refractivity (Wildman–Crippen MR) is 92.7 cm³/mol. The highest BCUT2D eigenvalue weighted by molar-refractivity contribution is 5.82. The standard InChI is InChI=1S/C19H24N4O/c24-19(18(15-8-9-15)22-11-4-5-12-22)21-14-17-20-10-13-23(17)16-6-2-1-3-7-16/h1-3,6-7,10,13,15,18H,4-5,8-9,11-12,14H2,(H,21,24). The highest BCUT2D eigenvalue weighted by atomic mass is 16.2. The number of nitrogens with zero attached hydrogens (tertiary/aromatic N) is 3. The molecule has 1 saturated heterocycles. The van der Waals surface area contributed by atoms with Crippen molar-refractivity contribution in [2.75, 3.05) is 13.1 Å². The Morgan fingerprint density at radius 3 is 2.67 bits per heavy atom. The van der Waals surface area contributed by atoms with Crippen molar-refractivity contribution in [3.8, 4) is 5.69 Å². The number of nitrogens with one attached hydrogen (secondary N) is 1. The lowest BCUT2D eigenvalue weighted by molar-refractivity contribution is -0.127. The van der Waals surface area contributed by atoms with Gasteiger partial charge < -0.3 is 9.88 Å². The van der Waals surface area contributed by atoms with Crippen molar-refractivity contribution in [1.29, 1.82) is 0 Å². The Kier molecular flexibility index (Phi) is 4.34. The van der Waals surface area contributed by atoms with Crippen molar-refractivity contribution in [3.05, 3.63) is 48.5 Å². The van der Waals surface area contributed by atoms with Gasteiger partial charge in [0.05, 0.1) is 12.6 Å². The summed E-state index contributed by atoms with van der Waals surface area (Å²) in [6.45, 7) is 2.60. The number of amides is 1. The van der Waals surface area contributed by atoms with Gasteiger partial charge in [-0.05, 0) is 56.8 Å². The third kappa shape index (κ3) is 3.22. The van der Waals surface area contributed by atoms with Crippen LogP contribution in [0.25, 0.3) is 5.69 Å². The van der Waals surface area contributed by atoms with Crippen molar-refractivity contribution < 1.29 is 4.79 Å². The van der Waals surface area contributed by atoms with Crippen LogP contribution < -0.4 is 5.32 Å². The Balaban J connectivity index is 1.43. The molecule has 1 unspecified atom stereocenters. The van der Waals surface area contributed by atoms with E-state index >= 15 is 0 Å². The number of rotatable bonds is 6. The van der Waals surface area contributed by atoms with E-state index in [1.54, 1.807) is 6.20 Å². The quantitative estimate of drug-likeness (QED) is 0.887. The molecule has 1 aliphatic carbocycles. The van der Waals surface area contributed by atoms with Crippen molar-refractivity contribution in [1.82, 2.24) is 19.8 Å². The van der Waals surface area contributed by atoms with Gasteiger partial charge in [0.25, 0.3) is 0 Å². The molecule has 4 rings (SSSR count). The molecular formula is C19H24N4O. The Bertz CT molecular complexity index is 686. The monoisotopic (exact) mass is 324 g/mol. The Morgan fingerprint density at radius 2 is 1.96 bits per heavy atom. The minimum atomic E-state index is 0.0626. The number of aromatic nitrogens is 2. The van der Waals surface area contributed by atoms with Crippen LogP contribution in [0.4, 0.5) is 0 Å². The second-order valence-electron chi connectivity index (χ2n) is 6.79. The van der Waals surface area contributed by atoms with Crippen LogP contribution in [0, 0.1) is 5.92 Å². The van der Waals surface area contributed by atoms with E-state index in [0.29, 0.717) is 12.5 Å². The maximum Gasteiger partial charge on any atom is 0.238 e. The van der Waals surface area contributed by atoms with Crippen LogP contribution in [-0.2, 0) is 11.3 Å². The first-order valence-electron chi connectivity index (χ1n) is 8.92. The highest BCUT2D eigenvalue weighted by Crippen LogP contribution is 2.36. The summed E-state index contributed by atoms with van der Waals surface area (Å²) < 4.78 is 2.03. The summed E-state index contributed by atoms with van der Waals surface area (Å²) >= 11 is 0. The normalized spacial score (nSPS) is 19.3. The molecule has 5 heteroatoms. The number of para-hydroxylation sites is 1. The lowest BCUT2D eigenvalue weighted by Gasteiger charge is -2.26. The number of hydrogen-bond acceptors (Lipinski definition) is 3. The van der Waals surface area contributed by atoms with Crippen LogP contribution in [0.15, 0.2) is 42.7 Å². The first-order chi connectivity index (χ1) is 11.8. The van der Waals surface area contributed by atoms with E-state index < -0.39 is 0 Å². The third-order valence-electron chi connectivity index (χ3n) is 5.04. The van der Waals surface area contributed by atoms with Crippen molar-refractivity contribution in [2.24, 2.45) is 5.92 Å². The van der Waals surface area contributed by atoms with E-state index in [0.717, 1.165) is 24.6 Å². The largest absolute Gasteiger partial charge is 0.347 e. The molecule has 24 heavy (non-hydrogen) atoms. The van der Waals surface area contributed by atoms with Gasteiger partial charge >= 0.3 is 0 Å². The van der Waals surface area contributed by atoms with Crippen LogP contribution in [-0.4, -0.2) is 39.5 Å². The van der Waals surface area contributed by atoms with Crippen LogP contribution in [0.3, 0.4) is 0 Å². The third-order valence-corrected chi connectivity index (χ3v) is 5.04. The average Bonchev–Trinajstić information content (AvgIpc) is 3.11. The fourth-order valence-electron chi connectivity index (χ4n) is 3.67. The minimum Gasteiger partial charge on any atom is -0.347 e. The van der Waals surface area contributed by atoms with E-state index in [9.17, 15) is 4.79 Å². The molecule has 5 nitrogen and oxygen atoms in total. The van der Waals surface area contributed by atoms with Gasteiger partial charge in [0.1, 0.15) is 5.82 Å². The summed E-state index contributed by atoms with van der Waals surface area (Å²) in [6.07, 6.45) is 8.54. The van der Waals surface area contributed by atoms with Gasteiger partial charge in [0.2, 0.25) is 5.91 Å². The zero-order valence-corrected chi connectivity index (χ0v) is 13.9. The molecule has 126 valence electrons. The van der Waals surface area contributed by atoms with Gasteiger partial charge in [-0.1, -0.05) is 18.2 Å². The van der Waals surface area contributed by atoms with E-state index in [2.05, 4.69) is 15.2 Å². The molecule has 1 aromatic carbocycles. The molecule has 2 aromatic rings. The molecule has 1 amide bonds.